The summed E-state index contributed by atoms with van der Waals surface area (Å²) in [5.41, 5.74) is -1.68. The van der Waals surface area contributed by atoms with Crippen LogP contribution in [0.25, 0.3) is 0 Å². The van der Waals surface area contributed by atoms with Gasteiger partial charge >= 0.3 is 5.69 Å². The normalized spacial score (nSPS) is 35.1. The molecular weight excluding hydrogens is 756 g/mol. The Morgan fingerprint density at radius 2 is 1.44 bits per heavy atom. The highest BCUT2D eigenvalue weighted by atomic mass is 16.8. The Bertz CT molecular complexity index is 1570. The van der Waals surface area contributed by atoms with Gasteiger partial charge in [0.15, 0.2) is 18.8 Å². The first-order valence-corrected chi connectivity index (χ1v) is 19.6. The van der Waals surface area contributed by atoms with Crippen LogP contribution < -0.4 is 21.9 Å². The summed E-state index contributed by atoms with van der Waals surface area (Å²) in [6.07, 6.45) is -10.3. The molecule has 0 saturated carbocycles. The Morgan fingerprint density at radius 3 is 2.05 bits per heavy atom. The average molecular weight is 817 g/mol. The number of hydrogen-bond acceptors (Lipinski definition) is 16. The van der Waals surface area contributed by atoms with Crippen LogP contribution in [0.2, 0.25) is 0 Å². The van der Waals surface area contributed by atoms with Gasteiger partial charge in [-0.1, -0.05) is 58.4 Å². The number of hydrogen-bond donors (Lipinski definition) is 11. The van der Waals surface area contributed by atoms with Gasteiger partial charge in [0, 0.05) is 25.6 Å². The first-order chi connectivity index (χ1) is 27.0. The lowest BCUT2D eigenvalue weighted by Crippen LogP contribution is -2.68. The van der Waals surface area contributed by atoms with E-state index >= 15 is 0 Å². The average Bonchev–Trinajstić information content (AvgIpc) is 3.45. The van der Waals surface area contributed by atoms with Gasteiger partial charge in [0.05, 0.1) is 18.8 Å². The van der Waals surface area contributed by atoms with E-state index in [1.54, 1.807) is 6.08 Å². The van der Waals surface area contributed by atoms with Crippen molar-refractivity contribution < 1.29 is 69.4 Å². The van der Waals surface area contributed by atoms with Crippen molar-refractivity contribution in [2.24, 2.45) is 5.92 Å². The maximum absolute atomic E-state index is 13.1. The van der Waals surface area contributed by atoms with E-state index in [2.05, 4.69) is 24.5 Å². The number of aliphatic hydroxyl groups is 8. The molecule has 3 fully saturated rings. The first-order valence-electron chi connectivity index (χ1n) is 19.6. The predicted molar refractivity (Wildman–Crippen MR) is 198 cm³/mol. The summed E-state index contributed by atoms with van der Waals surface area (Å²) in [7, 11) is 0. The van der Waals surface area contributed by atoms with E-state index in [1.165, 1.54) is 25.3 Å². The molecule has 15 atom stereocenters. The molecule has 0 bridgehead atoms. The van der Waals surface area contributed by atoms with Crippen LogP contribution in [-0.4, -0.2) is 155 Å². The Morgan fingerprint density at radius 1 is 0.842 bits per heavy atom. The maximum atomic E-state index is 13.1. The summed E-state index contributed by atoms with van der Waals surface area (Å²) in [4.78, 5) is 51.0. The van der Waals surface area contributed by atoms with Gasteiger partial charge in [-0.05, 0) is 24.8 Å². The number of rotatable bonds is 19. The molecule has 4 heterocycles. The van der Waals surface area contributed by atoms with Gasteiger partial charge in [-0.15, -0.1) is 0 Å². The summed E-state index contributed by atoms with van der Waals surface area (Å²) in [5.74, 6) is -0.665. The number of nitrogens with one attached hydrogen (secondary N) is 3. The lowest BCUT2D eigenvalue weighted by Gasteiger charge is -2.47. The van der Waals surface area contributed by atoms with E-state index in [0.29, 0.717) is 12.3 Å². The molecule has 11 unspecified atom stereocenters. The molecule has 1 aromatic heterocycles. The number of aliphatic hydroxyl groups excluding tert-OH is 8. The largest absolute Gasteiger partial charge is 0.394 e. The number of nitrogens with zero attached hydrogens (tertiary/aromatic N) is 1. The summed E-state index contributed by atoms with van der Waals surface area (Å²) in [6, 6.07) is -2.01. The Hall–Kier alpha value is -3.12. The molecule has 2 amide bonds. The van der Waals surface area contributed by atoms with Crippen LogP contribution in [0.15, 0.2) is 34.0 Å². The van der Waals surface area contributed by atoms with Crippen molar-refractivity contribution in [2.45, 2.75) is 170 Å². The van der Waals surface area contributed by atoms with Crippen LogP contribution >= 0.6 is 0 Å². The SMILES string of the molecule is CC(=O)NC1C(OC2OC(C[C@@H](O)[C@H]3O[C@@H](n4ccc(=O)[nH]c4=O)[C@@H](O)C3O)C(O)C(O)C2NC(=O)C=CCCCCCCCCC(C)C)OC(CO)C(O)C1O. The van der Waals surface area contributed by atoms with E-state index in [0.717, 1.165) is 49.4 Å². The molecular formula is C37H60N4O16. The van der Waals surface area contributed by atoms with Crippen LogP contribution in [0, 0.1) is 5.92 Å². The highest BCUT2D eigenvalue weighted by Gasteiger charge is 2.53. The zero-order chi connectivity index (χ0) is 42.0. The smallest absolute Gasteiger partial charge is 0.330 e. The van der Waals surface area contributed by atoms with E-state index < -0.39 is 128 Å². The second kappa shape index (κ2) is 21.8. The zero-order valence-corrected chi connectivity index (χ0v) is 32.4. The number of ether oxygens (including phenoxy) is 4. The third-order valence-corrected chi connectivity index (χ3v) is 10.5. The van der Waals surface area contributed by atoms with Crippen LogP contribution in [0.3, 0.4) is 0 Å². The molecule has 0 spiro atoms. The maximum Gasteiger partial charge on any atom is 0.330 e. The van der Waals surface area contributed by atoms with Gasteiger partial charge in [0.1, 0.15) is 60.9 Å². The first kappa shape index (κ1) is 46.6. The van der Waals surface area contributed by atoms with Crippen molar-refractivity contribution in [3.63, 3.8) is 0 Å². The monoisotopic (exact) mass is 816 g/mol. The fourth-order valence-corrected chi connectivity index (χ4v) is 7.27. The van der Waals surface area contributed by atoms with Gasteiger partial charge in [-0.2, -0.15) is 0 Å². The molecule has 0 aliphatic carbocycles. The van der Waals surface area contributed by atoms with Crippen LogP contribution in [-0.2, 0) is 28.5 Å². The van der Waals surface area contributed by atoms with E-state index in [-0.39, 0.29) is 0 Å². The zero-order valence-electron chi connectivity index (χ0n) is 32.4. The number of amides is 2. The van der Waals surface area contributed by atoms with Crippen molar-refractivity contribution in [1.82, 2.24) is 20.2 Å². The molecule has 20 nitrogen and oxygen atoms in total. The number of unbranched alkanes of at least 4 members (excludes halogenated alkanes) is 6. The second-order valence-corrected chi connectivity index (χ2v) is 15.4. The fraction of sp³-hybridized carbons (Fsp3) is 0.784. The fourth-order valence-electron chi connectivity index (χ4n) is 7.27. The third-order valence-electron chi connectivity index (χ3n) is 10.5. The molecule has 57 heavy (non-hydrogen) atoms. The van der Waals surface area contributed by atoms with E-state index in [9.17, 15) is 60.0 Å². The highest BCUT2D eigenvalue weighted by molar-refractivity contribution is 5.87. The van der Waals surface area contributed by atoms with Gasteiger partial charge in [-0.3, -0.25) is 23.9 Å². The summed E-state index contributed by atoms with van der Waals surface area (Å²) >= 11 is 0. The summed E-state index contributed by atoms with van der Waals surface area (Å²) in [6.45, 7) is 4.75. The van der Waals surface area contributed by atoms with Crippen molar-refractivity contribution in [2.75, 3.05) is 6.61 Å². The number of carbonyl (C=O) groups excluding carboxylic acids is 2. The van der Waals surface area contributed by atoms with Crippen molar-refractivity contribution in [3.8, 4) is 0 Å². The molecule has 324 valence electrons. The van der Waals surface area contributed by atoms with Crippen molar-refractivity contribution in [1.29, 1.82) is 0 Å². The molecule has 3 aliphatic heterocycles. The van der Waals surface area contributed by atoms with E-state index in [4.69, 9.17) is 18.9 Å². The lowest BCUT2D eigenvalue weighted by atomic mass is 9.91. The number of aromatic amines is 1. The molecule has 0 radical (unpaired) electrons. The second-order valence-electron chi connectivity index (χ2n) is 15.4. The Labute approximate surface area is 329 Å². The number of aromatic nitrogens is 2. The summed E-state index contributed by atoms with van der Waals surface area (Å²) < 4.78 is 24.1. The molecule has 20 heteroatoms. The molecule has 4 rings (SSSR count). The number of H-pyrrole nitrogens is 1. The minimum atomic E-state index is -1.85. The van der Waals surface area contributed by atoms with Gasteiger partial charge < -0.3 is 70.4 Å². The number of carbonyl (C=O) groups is 2. The van der Waals surface area contributed by atoms with Gasteiger partial charge in [0.25, 0.3) is 5.56 Å². The topological polar surface area (TPSA) is 312 Å². The third kappa shape index (κ3) is 12.4. The molecule has 1 aromatic rings. The van der Waals surface area contributed by atoms with Gasteiger partial charge in [-0.25, -0.2) is 4.79 Å². The Balaban J connectivity index is 1.48. The highest BCUT2D eigenvalue weighted by Crippen LogP contribution is 2.34. The molecule has 3 saturated heterocycles. The Kier molecular flexibility index (Phi) is 17.8. The molecule has 11 N–H and O–H groups in total. The standard InChI is InChI=1S/C37H60N4O16/c1-18(2)12-10-8-6-4-5-7-9-11-13-23(45)39-26-30(50)27(47)21(54-36(26)57-35-25(38-19(3)43)29(49)28(48)22(17-42)55-35)16-20(44)33-31(51)32(52)34(56-33)41-15-14-24(46)40-37(41)53/h11,13-15,18,20-22,25-36,42,44,47-52H,4-10,12,16-17H2,1-3H3,(H,38,43)(H,39,45)(H,40,46,53)/t20-,21?,22?,25?,26?,27?,28?,29?,30?,31?,32+,33-,34-,35?,36?/m1/s1. The minimum absolute atomic E-state index is 0.598. The number of allylic oxidation sites excluding steroid dienone is 1. The van der Waals surface area contributed by atoms with Gasteiger partial charge in [0.2, 0.25) is 11.8 Å². The summed E-state index contributed by atoms with van der Waals surface area (Å²) in [5, 5.41) is 91.3. The van der Waals surface area contributed by atoms with Crippen LogP contribution in [0.5, 0.6) is 0 Å². The molecule has 0 aromatic carbocycles. The molecule has 3 aliphatic rings. The predicted octanol–water partition coefficient (Wildman–Crippen LogP) is -2.87. The van der Waals surface area contributed by atoms with Crippen molar-refractivity contribution >= 4 is 11.8 Å². The minimum Gasteiger partial charge on any atom is -0.394 e. The van der Waals surface area contributed by atoms with Crippen LogP contribution in [0.4, 0.5) is 0 Å². The van der Waals surface area contributed by atoms with Crippen LogP contribution in [0.1, 0.15) is 84.8 Å². The van der Waals surface area contributed by atoms with Crippen molar-refractivity contribution in [3.05, 3.63) is 45.3 Å². The quantitative estimate of drug-likeness (QED) is 0.0494. The lowest BCUT2D eigenvalue weighted by molar-refractivity contribution is -0.346. The van der Waals surface area contributed by atoms with E-state index in [1.807, 2.05) is 4.98 Å².